The molecule has 1 atom stereocenters. The van der Waals surface area contributed by atoms with Crippen LogP contribution in [0, 0.1) is 11.3 Å². The number of nitriles is 1. The van der Waals surface area contributed by atoms with E-state index in [1.807, 2.05) is 29.8 Å². The molecule has 7 heteroatoms. The lowest BCUT2D eigenvalue weighted by molar-refractivity contribution is 0.331. The Labute approximate surface area is 138 Å². The predicted molar refractivity (Wildman–Crippen MR) is 89.3 cm³/mol. The standard InChI is InChI=1S/C16H16N6S/c17-8-12-7-14(23-11-12)10-21-5-3-13(9-21)19-15-1-2-16-18-4-6-22(16)20-15/h1-2,4,6-7,11,13H,3,5,9-10H2,(H,19,20). The normalized spacial score (nSPS) is 18.3. The number of likely N-dealkylation sites (tertiary alicyclic amines) is 1. The molecule has 4 rings (SSSR count). The van der Waals surface area contributed by atoms with E-state index in [4.69, 9.17) is 5.26 Å². The Balaban J connectivity index is 1.37. The van der Waals surface area contributed by atoms with E-state index in [2.05, 4.69) is 26.4 Å². The zero-order chi connectivity index (χ0) is 15.6. The summed E-state index contributed by atoms with van der Waals surface area (Å²) >= 11 is 1.66. The molecule has 3 aromatic rings. The number of nitrogens with zero attached hydrogens (tertiary/aromatic N) is 5. The molecule has 1 saturated heterocycles. The molecule has 4 heterocycles. The average Bonchev–Trinajstić information content (AvgIpc) is 3.28. The number of fused-ring (bicyclic) bond motifs is 1. The first-order valence-corrected chi connectivity index (χ1v) is 8.45. The summed E-state index contributed by atoms with van der Waals surface area (Å²) in [5.41, 5.74) is 1.62. The summed E-state index contributed by atoms with van der Waals surface area (Å²) in [5, 5.41) is 18.8. The lowest BCUT2D eigenvalue weighted by Crippen LogP contribution is -2.26. The molecule has 1 fully saturated rings. The molecular formula is C16H16N6S. The van der Waals surface area contributed by atoms with E-state index < -0.39 is 0 Å². The van der Waals surface area contributed by atoms with Crippen LogP contribution in [0.5, 0.6) is 0 Å². The molecule has 23 heavy (non-hydrogen) atoms. The molecule has 0 saturated carbocycles. The highest BCUT2D eigenvalue weighted by atomic mass is 32.1. The highest BCUT2D eigenvalue weighted by Gasteiger charge is 2.23. The molecule has 0 spiro atoms. The minimum absolute atomic E-state index is 0.402. The van der Waals surface area contributed by atoms with Gasteiger partial charge < -0.3 is 5.32 Å². The number of anilines is 1. The molecule has 1 aliphatic rings. The number of rotatable bonds is 4. The monoisotopic (exact) mass is 324 g/mol. The average molecular weight is 324 g/mol. The molecule has 1 N–H and O–H groups in total. The second kappa shape index (κ2) is 5.99. The molecule has 6 nitrogen and oxygen atoms in total. The Morgan fingerprint density at radius 2 is 2.39 bits per heavy atom. The van der Waals surface area contributed by atoms with Crippen molar-refractivity contribution >= 4 is 22.8 Å². The van der Waals surface area contributed by atoms with E-state index in [9.17, 15) is 0 Å². The van der Waals surface area contributed by atoms with Crippen LogP contribution in [-0.4, -0.2) is 38.6 Å². The fourth-order valence-corrected chi connectivity index (χ4v) is 3.79. The van der Waals surface area contributed by atoms with Crippen LogP contribution < -0.4 is 5.32 Å². The van der Waals surface area contributed by atoms with Crippen molar-refractivity contribution in [1.29, 1.82) is 5.26 Å². The van der Waals surface area contributed by atoms with Crippen molar-refractivity contribution in [1.82, 2.24) is 19.5 Å². The smallest absolute Gasteiger partial charge is 0.153 e. The van der Waals surface area contributed by atoms with Crippen LogP contribution in [0.4, 0.5) is 5.82 Å². The third-order valence-electron chi connectivity index (χ3n) is 4.04. The van der Waals surface area contributed by atoms with Gasteiger partial charge in [-0.1, -0.05) is 0 Å². The van der Waals surface area contributed by atoms with Gasteiger partial charge in [0.1, 0.15) is 11.9 Å². The number of nitrogens with one attached hydrogen (secondary N) is 1. The van der Waals surface area contributed by atoms with Crippen molar-refractivity contribution in [2.75, 3.05) is 18.4 Å². The van der Waals surface area contributed by atoms with Crippen LogP contribution in [0.2, 0.25) is 0 Å². The fourth-order valence-electron chi connectivity index (χ4n) is 2.94. The highest BCUT2D eigenvalue weighted by Crippen LogP contribution is 2.20. The minimum atomic E-state index is 0.402. The number of imidazole rings is 1. The Morgan fingerprint density at radius 3 is 3.26 bits per heavy atom. The molecule has 3 aromatic heterocycles. The third-order valence-corrected chi connectivity index (χ3v) is 4.96. The molecule has 0 radical (unpaired) electrons. The van der Waals surface area contributed by atoms with E-state index in [-0.39, 0.29) is 0 Å². The largest absolute Gasteiger partial charge is 0.365 e. The van der Waals surface area contributed by atoms with Crippen molar-refractivity contribution in [2.24, 2.45) is 0 Å². The fraction of sp³-hybridized carbons (Fsp3) is 0.312. The molecule has 0 bridgehead atoms. The van der Waals surface area contributed by atoms with Gasteiger partial charge in [0.25, 0.3) is 0 Å². The van der Waals surface area contributed by atoms with Gasteiger partial charge in [-0.05, 0) is 24.6 Å². The van der Waals surface area contributed by atoms with E-state index in [1.54, 1.807) is 22.0 Å². The first-order valence-electron chi connectivity index (χ1n) is 7.57. The van der Waals surface area contributed by atoms with Gasteiger partial charge in [-0.2, -0.15) is 5.26 Å². The maximum absolute atomic E-state index is 8.90. The molecule has 1 aliphatic heterocycles. The van der Waals surface area contributed by atoms with E-state index >= 15 is 0 Å². The Kier molecular flexibility index (Phi) is 3.69. The van der Waals surface area contributed by atoms with Gasteiger partial charge in [0.15, 0.2) is 5.65 Å². The lowest BCUT2D eigenvalue weighted by Gasteiger charge is -2.16. The Bertz CT molecular complexity index is 861. The molecule has 0 aromatic carbocycles. The van der Waals surface area contributed by atoms with Crippen LogP contribution in [-0.2, 0) is 6.54 Å². The van der Waals surface area contributed by atoms with Crippen molar-refractivity contribution in [3.8, 4) is 6.07 Å². The van der Waals surface area contributed by atoms with Crippen molar-refractivity contribution in [2.45, 2.75) is 19.0 Å². The van der Waals surface area contributed by atoms with Crippen LogP contribution in [0.25, 0.3) is 5.65 Å². The molecular weight excluding hydrogens is 308 g/mol. The summed E-state index contributed by atoms with van der Waals surface area (Å²) in [7, 11) is 0. The van der Waals surface area contributed by atoms with Gasteiger partial charge in [0, 0.05) is 48.3 Å². The first-order chi connectivity index (χ1) is 11.3. The molecule has 1 unspecified atom stereocenters. The maximum Gasteiger partial charge on any atom is 0.153 e. The summed E-state index contributed by atoms with van der Waals surface area (Å²) in [6, 6.07) is 8.52. The number of hydrogen-bond acceptors (Lipinski definition) is 6. The summed E-state index contributed by atoms with van der Waals surface area (Å²) in [6.07, 6.45) is 4.70. The minimum Gasteiger partial charge on any atom is -0.365 e. The van der Waals surface area contributed by atoms with Gasteiger partial charge in [-0.15, -0.1) is 16.4 Å². The number of thiophene rings is 1. The highest BCUT2D eigenvalue weighted by molar-refractivity contribution is 7.10. The van der Waals surface area contributed by atoms with E-state index in [0.29, 0.717) is 6.04 Å². The Morgan fingerprint density at radius 1 is 1.43 bits per heavy atom. The Hall–Kier alpha value is -2.43. The van der Waals surface area contributed by atoms with Crippen LogP contribution in [0.1, 0.15) is 16.9 Å². The van der Waals surface area contributed by atoms with Crippen molar-refractivity contribution < 1.29 is 0 Å². The van der Waals surface area contributed by atoms with Gasteiger partial charge in [-0.3, -0.25) is 4.90 Å². The van der Waals surface area contributed by atoms with Crippen LogP contribution >= 0.6 is 11.3 Å². The van der Waals surface area contributed by atoms with Crippen LogP contribution in [0.15, 0.2) is 36.0 Å². The summed E-state index contributed by atoms with van der Waals surface area (Å²) in [4.78, 5) is 7.87. The quantitative estimate of drug-likeness (QED) is 0.798. The number of aromatic nitrogens is 3. The summed E-state index contributed by atoms with van der Waals surface area (Å²) in [6.45, 7) is 2.96. The maximum atomic E-state index is 8.90. The van der Waals surface area contributed by atoms with Gasteiger partial charge >= 0.3 is 0 Å². The molecule has 0 aliphatic carbocycles. The lowest BCUT2D eigenvalue weighted by atomic mass is 10.2. The second-order valence-corrected chi connectivity index (χ2v) is 6.72. The summed E-state index contributed by atoms with van der Waals surface area (Å²) < 4.78 is 1.78. The molecule has 0 amide bonds. The van der Waals surface area contributed by atoms with Gasteiger partial charge in [-0.25, -0.2) is 9.50 Å². The predicted octanol–water partition coefficient (Wildman–Crippen LogP) is 2.35. The topological polar surface area (TPSA) is 69.2 Å². The third kappa shape index (κ3) is 3.04. The second-order valence-electron chi connectivity index (χ2n) is 5.73. The van der Waals surface area contributed by atoms with E-state index in [0.717, 1.165) is 43.1 Å². The SMILES string of the molecule is N#Cc1csc(CN2CCC(Nc3ccc4nccn4n3)C2)c1. The number of hydrogen-bond donors (Lipinski definition) is 1. The van der Waals surface area contributed by atoms with Crippen molar-refractivity contribution in [3.05, 3.63) is 46.4 Å². The van der Waals surface area contributed by atoms with E-state index in [1.165, 1.54) is 4.88 Å². The van der Waals surface area contributed by atoms with Gasteiger partial charge in [0.05, 0.1) is 5.56 Å². The van der Waals surface area contributed by atoms with Crippen molar-refractivity contribution in [3.63, 3.8) is 0 Å². The first kappa shape index (κ1) is 14.2. The zero-order valence-electron chi connectivity index (χ0n) is 12.5. The van der Waals surface area contributed by atoms with Gasteiger partial charge in [0.2, 0.25) is 0 Å². The zero-order valence-corrected chi connectivity index (χ0v) is 13.3. The summed E-state index contributed by atoms with van der Waals surface area (Å²) in [5.74, 6) is 0.880. The van der Waals surface area contributed by atoms with Crippen LogP contribution in [0.3, 0.4) is 0 Å². The molecule has 116 valence electrons.